The average Bonchev–Trinajstić information content (AvgIpc) is 3.52. The Morgan fingerprint density at radius 3 is 1.87 bits per heavy atom. The smallest absolute Gasteiger partial charge is 0.0541 e. The molecular formula is C36H26N2. The zero-order valence-electron chi connectivity index (χ0n) is 21.0. The summed E-state index contributed by atoms with van der Waals surface area (Å²) in [6.45, 7) is 0. The van der Waals surface area contributed by atoms with Crippen LogP contribution in [-0.4, -0.2) is 9.55 Å². The van der Waals surface area contributed by atoms with Crippen molar-refractivity contribution < 1.29 is 0 Å². The van der Waals surface area contributed by atoms with E-state index in [0.717, 1.165) is 12.8 Å². The van der Waals surface area contributed by atoms with Crippen LogP contribution in [0.3, 0.4) is 0 Å². The van der Waals surface area contributed by atoms with Crippen LogP contribution in [0.1, 0.15) is 12.8 Å². The highest BCUT2D eigenvalue weighted by molar-refractivity contribution is 6.13. The molecule has 180 valence electrons. The molecule has 2 heteroatoms. The quantitative estimate of drug-likeness (QED) is 0.256. The Bertz CT molecular complexity index is 2070. The van der Waals surface area contributed by atoms with Crippen LogP contribution in [-0.2, 0) is 0 Å². The maximum Gasteiger partial charge on any atom is 0.0541 e. The van der Waals surface area contributed by atoms with Gasteiger partial charge in [0.05, 0.1) is 11.0 Å². The molecule has 1 aliphatic carbocycles. The highest BCUT2D eigenvalue weighted by Crippen LogP contribution is 2.37. The number of nitrogens with one attached hydrogen (secondary N) is 1. The van der Waals surface area contributed by atoms with Gasteiger partial charge in [0.25, 0.3) is 0 Å². The average molecular weight is 487 g/mol. The summed E-state index contributed by atoms with van der Waals surface area (Å²) in [7, 11) is 0. The molecule has 8 rings (SSSR count). The van der Waals surface area contributed by atoms with Crippen LogP contribution in [0.15, 0.2) is 127 Å². The van der Waals surface area contributed by atoms with Gasteiger partial charge in [0, 0.05) is 38.3 Å². The standard InChI is InChI=1S/C36H26N2/c1-3-9-24(10-4-1)25-15-18-33-30(21-25)31-22-26(16-19-34(31)37-33)27-17-20-36-32(23-27)29-13-7-8-14-35(29)38(36)28-11-5-2-6-12-28/h1,3-5,7-23,37H,2,6H2. The van der Waals surface area contributed by atoms with Crippen molar-refractivity contribution in [3.8, 4) is 22.3 Å². The number of aromatic amines is 1. The lowest BCUT2D eigenvalue weighted by Gasteiger charge is -2.12. The van der Waals surface area contributed by atoms with Crippen molar-refractivity contribution in [3.05, 3.63) is 127 Å². The van der Waals surface area contributed by atoms with Gasteiger partial charge in [0.15, 0.2) is 0 Å². The maximum atomic E-state index is 3.61. The fourth-order valence-electron chi connectivity index (χ4n) is 6.08. The third-order valence-corrected chi connectivity index (χ3v) is 7.95. The van der Waals surface area contributed by atoms with Crippen molar-refractivity contribution in [2.75, 3.05) is 0 Å². The largest absolute Gasteiger partial charge is 0.355 e. The number of aromatic nitrogens is 2. The number of H-pyrrole nitrogens is 1. The van der Waals surface area contributed by atoms with Gasteiger partial charge in [-0.1, -0.05) is 78.9 Å². The van der Waals surface area contributed by atoms with E-state index in [1.54, 1.807) is 0 Å². The lowest BCUT2D eigenvalue weighted by atomic mass is 9.99. The number of allylic oxidation sites excluding steroid dienone is 4. The Morgan fingerprint density at radius 2 is 1.13 bits per heavy atom. The zero-order chi connectivity index (χ0) is 25.1. The minimum absolute atomic E-state index is 1.09. The van der Waals surface area contributed by atoms with Gasteiger partial charge in [-0.25, -0.2) is 0 Å². The molecule has 0 bridgehead atoms. The number of nitrogens with zero attached hydrogens (tertiary/aromatic N) is 1. The summed E-state index contributed by atoms with van der Waals surface area (Å²) in [6, 6.07) is 39.8. The minimum atomic E-state index is 1.09. The van der Waals surface area contributed by atoms with Crippen molar-refractivity contribution in [1.29, 1.82) is 0 Å². The molecule has 0 aliphatic heterocycles. The number of hydrogen-bond acceptors (Lipinski definition) is 0. The van der Waals surface area contributed by atoms with Crippen LogP contribution >= 0.6 is 0 Å². The first kappa shape index (κ1) is 21.3. The van der Waals surface area contributed by atoms with Gasteiger partial charge in [-0.15, -0.1) is 0 Å². The van der Waals surface area contributed by atoms with Crippen molar-refractivity contribution in [2.45, 2.75) is 12.8 Å². The van der Waals surface area contributed by atoms with E-state index in [1.807, 2.05) is 0 Å². The molecule has 0 atom stereocenters. The van der Waals surface area contributed by atoms with E-state index in [0.29, 0.717) is 0 Å². The molecule has 5 aromatic carbocycles. The summed E-state index contributed by atoms with van der Waals surface area (Å²) in [4.78, 5) is 3.61. The van der Waals surface area contributed by atoms with E-state index in [4.69, 9.17) is 0 Å². The van der Waals surface area contributed by atoms with E-state index in [2.05, 4.69) is 137 Å². The second-order valence-electron chi connectivity index (χ2n) is 10.2. The number of para-hydroxylation sites is 1. The van der Waals surface area contributed by atoms with Gasteiger partial charge in [-0.2, -0.15) is 0 Å². The highest BCUT2D eigenvalue weighted by atomic mass is 15.0. The highest BCUT2D eigenvalue weighted by Gasteiger charge is 2.15. The topological polar surface area (TPSA) is 20.7 Å². The molecule has 0 saturated heterocycles. The summed E-state index contributed by atoms with van der Waals surface area (Å²) in [5, 5.41) is 5.11. The minimum Gasteiger partial charge on any atom is -0.355 e. The van der Waals surface area contributed by atoms with Crippen LogP contribution in [0.4, 0.5) is 0 Å². The predicted molar refractivity (Wildman–Crippen MR) is 162 cm³/mol. The second kappa shape index (κ2) is 8.36. The monoisotopic (exact) mass is 486 g/mol. The van der Waals surface area contributed by atoms with Gasteiger partial charge >= 0.3 is 0 Å². The zero-order valence-corrected chi connectivity index (χ0v) is 21.0. The molecule has 0 unspecified atom stereocenters. The Balaban J connectivity index is 1.31. The summed E-state index contributed by atoms with van der Waals surface area (Å²) in [6.07, 6.45) is 9.11. The maximum absolute atomic E-state index is 3.61. The van der Waals surface area contributed by atoms with E-state index < -0.39 is 0 Å². The summed E-state index contributed by atoms with van der Waals surface area (Å²) in [5.41, 5.74) is 11.1. The molecule has 0 amide bonds. The molecule has 38 heavy (non-hydrogen) atoms. The summed E-state index contributed by atoms with van der Waals surface area (Å²) >= 11 is 0. The SMILES string of the molecule is C1=CC(n2c3ccccc3c3cc(-c4ccc5[nH]c6ccc(-c7ccccc7)cc6c5c4)ccc32)=CCC1. The molecule has 1 N–H and O–H groups in total. The fourth-order valence-corrected chi connectivity index (χ4v) is 6.08. The van der Waals surface area contributed by atoms with Gasteiger partial charge in [0.2, 0.25) is 0 Å². The molecule has 0 radical (unpaired) electrons. The number of rotatable bonds is 3. The normalized spacial score (nSPS) is 13.6. The lowest BCUT2D eigenvalue weighted by molar-refractivity contribution is 1.02. The first-order chi connectivity index (χ1) is 18.8. The Labute approximate surface area is 221 Å². The Hall–Kier alpha value is -4.82. The molecular weight excluding hydrogens is 460 g/mol. The number of benzene rings is 5. The number of hydrogen-bond donors (Lipinski definition) is 1. The second-order valence-corrected chi connectivity index (χ2v) is 10.2. The summed E-state index contributed by atoms with van der Waals surface area (Å²) in [5.74, 6) is 0. The third kappa shape index (κ3) is 3.27. The van der Waals surface area contributed by atoms with Crippen molar-refractivity contribution in [3.63, 3.8) is 0 Å². The molecule has 7 aromatic rings. The van der Waals surface area contributed by atoms with Crippen LogP contribution in [0, 0.1) is 0 Å². The first-order valence-corrected chi connectivity index (χ1v) is 13.4. The lowest BCUT2D eigenvalue weighted by Crippen LogP contribution is -1.96. The fraction of sp³-hybridized carbons (Fsp3) is 0.0556. The molecule has 0 spiro atoms. The van der Waals surface area contributed by atoms with Gasteiger partial charge < -0.3 is 9.55 Å². The Kier molecular flexibility index (Phi) is 4.68. The Morgan fingerprint density at radius 1 is 0.500 bits per heavy atom. The summed E-state index contributed by atoms with van der Waals surface area (Å²) < 4.78 is 2.41. The van der Waals surface area contributed by atoms with E-state index in [-0.39, 0.29) is 0 Å². The number of fused-ring (bicyclic) bond motifs is 6. The van der Waals surface area contributed by atoms with Crippen LogP contribution in [0.25, 0.3) is 71.6 Å². The van der Waals surface area contributed by atoms with Gasteiger partial charge in [-0.05, 0) is 83.6 Å². The molecule has 2 nitrogen and oxygen atoms in total. The molecule has 1 aliphatic rings. The molecule has 2 aromatic heterocycles. The van der Waals surface area contributed by atoms with Crippen molar-refractivity contribution >= 4 is 49.3 Å². The van der Waals surface area contributed by atoms with Crippen molar-refractivity contribution in [1.82, 2.24) is 9.55 Å². The van der Waals surface area contributed by atoms with Crippen molar-refractivity contribution in [2.24, 2.45) is 0 Å². The van der Waals surface area contributed by atoms with Crippen LogP contribution in [0.2, 0.25) is 0 Å². The first-order valence-electron chi connectivity index (χ1n) is 13.4. The van der Waals surface area contributed by atoms with E-state index in [1.165, 1.54) is 71.6 Å². The third-order valence-electron chi connectivity index (χ3n) is 7.95. The van der Waals surface area contributed by atoms with E-state index >= 15 is 0 Å². The van der Waals surface area contributed by atoms with E-state index in [9.17, 15) is 0 Å². The van der Waals surface area contributed by atoms with Crippen LogP contribution < -0.4 is 0 Å². The van der Waals surface area contributed by atoms with Crippen LogP contribution in [0.5, 0.6) is 0 Å². The van der Waals surface area contributed by atoms with Gasteiger partial charge in [-0.3, -0.25) is 0 Å². The predicted octanol–water partition coefficient (Wildman–Crippen LogP) is 9.95. The molecule has 2 heterocycles. The molecule has 0 saturated carbocycles. The van der Waals surface area contributed by atoms with Gasteiger partial charge in [0.1, 0.15) is 0 Å². The molecule has 0 fully saturated rings.